The molecule has 0 bridgehead atoms. The van der Waals surface area contributed by atoms with E-state index in [1.807, 2.05) is 25.1 Å². The van der Waals surface area contributed by atoms with Crippen molar-refractivity contribution in [3.8, 4) is 0 Å². The first-order valence-electron chi connectivity index (χ1n) is 4.54. The van der Waals surface area contributed by atoms with Crippen LogP contribution in [0.4, 0.5) is 0 Å². The summed E-state index contributed by atoms with van der Waals surface area (Å²) in [4.78, 5) is 10.7. The highest BCUT2D eigenvalue weighted by Gasteiger charge is 2.30. The molecule has 0 aliphatic carbocycles. The second kappa shape index (κ2) is 4.33. The highest BCUT2D eigenvalue weighted by molar-refractivity contribution is 9.10. The van der Waals surface area contributed by atoms with Gasteiger partial charge in [0.1, 0.15) is 0 Å². The SMILES string of the molecule is Cc1cc(Br)ccc1CC(C)(O)C(=O)O. The van der Waals surface area contributed by atoms with Crippen molar-refractivity contribution >= 4 is 21.9 Å². The molecule has 1 aromatic rings. The van der Waals surface area contributed by atoms with E-state index < -0.39 is 11.6 Å². The molecule has 0 aromatic heterocycles. The van der Waals surface area contributed by atoms with E-state index in [-0.39, 0.29) is 6.42 Å². The van der Waals surface area contributed by atoms with Crippen LogP contribution in [0.1, 0.15) is 18.1 Å². The number of hydrogen-bond acceptors (Lipinski definition) is 2. The van der Waals surface area contributed by atoms with Gasteiger partial charge in [0.15, 0.2) is 5.60 Å². The van der Waals surface area contributed by atoms with Crippen LogP contribution in [0.15, 0.2) is 22.7 Å². The van der Waals surface area contributed by atoms with Crippen molar-refractivity contribution in [3.63, 3.8) is 0 Å². The minimum atomic E-state index is -1.71. The molecule has 4 heteroatoms. The van der Waals surface area contributed by atoms with Gasteiger partial charge in [-0.3, -0.25) is 0 Å². The number of aliphatic carboxylic acids is 1. The van der Waals surface area contributed by atoms with Crippen LogP contribution < -0.4 is 0 Å². The van der Waals surface area contributed by atoms with Crippen molar-refractivity contribution in [2.75, 3.05) is 0 Å². The lowest BCUT2D eigenvalue weighted by Gasteiger charge is -2.19. The number of aliphatic hydroxyl groups is 1. The number of aryl methyl sites for hydroxylation is 1. The number of carboxylic acid groups (broad SMARTS) is 1. The molecule has 1 unspecified atom stereocenters. The first-order chi connectivity index (χ1) is 6.83. The van der Waals surface area contributed by atoms with Crippen molar-refractivity contribution in [3.05, 3.63) is 33.8 Å². The molecule has 0 saturated heterocycles. The summed E-state index contributed by atoms with van der Waals surface area (Å²) in [6, 6.07) is 5.55. The Balaban J connectivity index is 2.95. The Kier molecular flexibility index (Phi) is 3.52. The summed E-state index contributed by atoms with van der Waals surface area (Å²) < 4.78 is 0.943. The summed E-state index contributed by atoms with van der Waals surface area (Å²) in [5, 5.41) is 18.4. The van der Waals surface area contributed by atoms with Crippen molar-refractivity contribution in [1.82, 2.24) is 0 Å². The molecular weight excluding hydrogens is 260 g/mol. The fraction of sp³-hybridized carbons (Fsp3) is 0.364. The molecule has 3 nitrogen and oxygen atoms in total. The van der Waals surface area contributed by atoms with E-state index in [2.05, 4.69) is 15.9 Å². The highest BCUT2D eigenvalue weighted by atomic mass is 79.9. The fourth-order valence-corrected chi connectivity index (χ4v) is 1.78. The maximum Gasteiger partial charge on any atom is 0.335 e. The minimum absolute atomic E-state index is 0.113. The average molecular weight is 273 g/mol. The van der Waals surface area contributed by atoms with Gasteiger partial charge in [-0.05, 0) is 37.1 Å². The first kappa shape index (κ1) is 12.2. The monoisotopic (exact) mass is 272 g/mol. The van der Waals surface area contributed by atoms with Gasteiger partial charge in [0, 0.05) is 10.9 Å². The van der Waals surface area contributed by atoms with Crippen molar-refractivity contribution in [2.24, 2.45) is 0 Å². The lowest BCUT2D eigenvalue weighted by atomic mass is 9.94. The normalized spacial score (nSPS) is 14.7. The number of carboxylic acids is 1. The minimum Gasteiger partial charge on any atom is -0.479 e. The molecule has 0 fully saturated rings. The summed E-state index contributed by atoms with van der Waals surface area (Å²) in [6.45, 7) is 3.19. The molecule has 0 aliphatic rings. The number of carbonyl (C=O) groups is 1. The van der Waals surface area contributed by atoms with E-state index in [9.17, 15) is 9.90 Å². The van der Waals surface area contributed by atoms with Crippen LogP contribution in [-0.2, 0) is 11.2 Å². The van der Waals surface area contributed by atoms with Gasteiger partial charge in [0.2, 0.25) is 0 Å². The molecule has 0 spiro atoms. The summed E-state index contributed by atoms with van der Waals surface area (Å²) in [5.41, 5.74) is 0.0926. The van der Waals surface area contributed by atoms with E-state index in [4.69, 9.17) is 5.11 Å². The Hall–Kier alpha value is -0.870. The zero-order chi connectivity index (χ0) is 11.6. The van der Waals surface area contributed by atoms with Crippen LogP contribution in [0.3, 0.4) is 0 Å². The number of hydrogen-bond donors (Lipinski definition) is 2. The Morgan fingerprint density at radius 2 is 2.13 bits per heavy atom. The number of benzene rings is 1. The lowest BCUT2D eigenvalue weighted by molar-refractivity contribution is -0.156. The molecule has 0 amide bonds. The van der Waals surface area contributed by atoms with Gasteiger partial charge in [-0.15, -0.1) is 0 Å². The average Bonchev–Trinajstić information content (AvgIpc) is 2.09. The number of rotatable bonds is 3. The molecule has 0 aliphatic heterocycles. The topological polar surface area (TPSA) is 57.5 Å². The van der Waals surface area contributed by atoms with E-state index >= 15 is 0 Å². The molecule has 2 N–H and O–H groups in total. The van der Waals surface area contributed by atoms with Gasteiger partial charge in [-0.2, -0.15) is 0 Å². The zero-order valence-electron chi connectivity index (χ0n) is 8.62. The van der Waals surface area contributed by atoms with Crippen molar-refractivity contribution < 1.29 is 15.0 Å². The van der Waals surface area contributed by atoms with E-state index in [0.717, 1.165) is 15.6 Å². The van der Waals surface area contributed by atoms with E-state index in [1.165, 1.54) is 6.92 Å². The highest BCUT2D eigenvalue weighted by Crippen LogP contribution is 2.20. The largest absolute Gasteiger partial charge is 0.479 e. The van der Waals surface area contributed by atoms with Gasteiger partial charge >= 0.3 is 5.97 Å². The maximum atomic E-state index is 10.7. The van der Waals surface area contributed by atoms with Crippen LogP contribution in [0.25, 0.3) is 0 Å². The molecule has 1 aromatic carbocycles. The van der Waals surface area contributed by atoms with Crippen molar-refractivity contribution in [2.45, 2.75) is 25.9 Å². The fourth-order valence-electron chi connectivity index (χ4n) is 1.30. The molecule has 0 radical (unpaired) electrons. The van der Waals surface area contributed by atoms with Crippen molar-refractivity contribution in [1.29, 1.82) is 0 Å². The predicted molar refractivity (Wildman–Crippen MR) is 60.8 cm³/mol. The Morgan fingerprint density at radius 3 is 2.60 bits per heavy atom. The third-order valence-electron chi connectivity index (χ3n) is 2.30. The second-order valence-electron chi connectivity index (χ2n) is 3.83. The maximum absolute atomic E-state index is 10.7. The van der Waals surface area contributed by atoms with Crippen LogP contribution >= 0.6 is 15.9 Å². The van der Waals surface area contributed by atoms with E-state index in [0.29, 0.717) is 0 Å². The zero-order valence-corrected chi connectivity index (χ0v) is 10.2. The van der Waals surface area contributed by atoms with Crippen LogP contribution in [-0.4, -0.2) is 21.8 Å². The molecule has 0 heterocycles. The molecule has 1 rings (SSSR count). The summed E-state index contributed by atoms with van der Waals surface area (Å²) >= 11 is 3.33. The van der Waals surface area contributed by atoms with Gasteiger partial charge in [0.25, 0.3) is 0 Å². The Bertz CT molecular complexity index is 385. The molecular formula is C11H13BrO3. The van der Waals surface area contributed by atoms with Crippen LogP contribution in [0, 0.1) is 6.92 Å². The van der Waals surface area contributed by atoms with Crippen LogP contribution in [0.5, 0.6) is 0 Å². The summed E-state index contributed by atoms with van der Waals surface area (Å²) in [6.07, 6.45) is 0.113. The first-order valence-corrected chi connectivity index (χ1v) is 5.33. The lowest BCUT2D eigenvalue weighted by Crippen LogP contribution is -2.37. The van der Waals surface area contributed by atoms with Gasteiger partial charge in [-0.25, -0.2) is 4.79 Å². The molecule has 15 heavy (non-hydrogen) atoms. The van der Waals surface area contributed by atoms with Gasteiger partial charge in [0.05, 0.1) is 0 Å². The smallest absolute Gasteiger partial charge is 0.335 e. The molecule has 1 atom stereocenters. The predicted octanol–water partition coefficient (Wildman–Crippen LogP) is 2.14. The summed E-state index contributed by atoms with van der Waals surface area (Å²) in [5.74, 6) is -1.20. The van der Waals surface area contributed by atoms with Gasteiger partial charge < -0.3 is 10.2 Å². The third kappa shape index (κ3) is 3.04. The molecule has 0 saturated carbocycles. The quantitative estimate of drug-likeness (QED) is 0.887. The standard InChI is InChI=1S/C11H13BrO3/c1-7-5-9(12)4-3-8(7)6-11(2,15)10(13)14/h3-5,15H,6H2,1-2H3,(H,13,14). The Labute approximate surface area is 96.9 Å². The summed E-state index contributed by atoms with van der Waals surface area (Å²) in [7, 11) is 0. The van der Waals surface area contributed by atoms with Crippen LogP contribution in [0.2, 0.25) is 0 Å². The second-order valence-corrected chi connectivity index (χ2v) is 4.74. The Morgan fingerprint density at radius 1 is 1.53 bits per heavy atom. The third-order valence-corrected chi connectivity index (χ3v) is 2.79. The van der Waals surface area contributed by atoms with Gasteiger partial charge in [-0.1, -0.05) is 22.0 Å². The van der Waals surface area contributed by atoms with E-state index in [1.54, 1.807) is 0 Å². The molecule has 82 valence electrons. The number of halogens is 1.